The van der Waals surface area contributed by atoms with Crippen LogP contribution in [0.2, 0.25) is 0 Å². The van der Waals surface area contributed by atoms with E-state index in [1.165, 1.54) is 5.56 Å². The summed E-state index contributed by atoms with van der Waals surface area (Å²) < 4.78 is 11.2. The average Bonchev–Trinajstić information content (AvgIpc) is 3.53. The third-order valence-corrected chi connectivity index (χ3v) is 8.06. The molecule has 0 spiro atoms. The highest BCUT2D eigenvalue weighted by Crippen LogP contribution is 2.48. The van der Waals surface area contributed by atoms with Gasteiger partial charge < -0.3 is 20.1 Å². The smallest absolute Gasteiger partial charge is 0.228 e. The van der Waals surface area contributed by atoms with Crippen molar-refractivity contribution in [1.82, 2.24) is 10.2 Å². The van der Waals surface area contributed by atoms with Crippen LogP contribution in [0.15, 0.2) is 60.7 Å². The molecule has 1 saturated heterocycles. The molecule has 7 nitrogen and oxygen atoms in total. The highest BCUT2D eigenvalue weighted by Gasteiger charge is 2.51. The lowest BCUT2D eigenvalue weighted by molar-refractivity contribution is -0.133. The molecule has 2 aromatic carbocycles. The summed E-state index contributed by atoms with van der Waals surface area (Å²) in [7, 11) is 0. The van der Waals surface area contributed by atoms with Gasteiger partial charge in [-0.2, -0.15) is 0 Å². The molecule has 2 bridgehead atoms. The lowest BCUT2D eigenvalue weighted by Crippen LogP contribution is -2.49. The number of likely N-dealkylation sites (tertiary alicyclic amines) is 1. The number of carbonyl (C=O) groups is 2. The number of nitrogens with one attached hydrogen (secondary N) is 2. The van der Waals surface area contributed by atoms with E-state index in [0.717, 1.165) is 38.9 Å². The molecule has 188 valence electrons. The van der Waals surface area contributed by atoms with Crippen molar-refractivity contribution in [1.29, 1.82) is 0 Å². The average molecular weight is 488 g/mol. The zero-order chi connectivity index (χ0) is 24.5. The highest BCUT2D eigenvalue weighted by atomic mass is 16.6. The van der Waals surface area contributed by atoms with Crippen molar-refractivity contribution in [2.45, 2.75) is 31.8 Å². The molecule has 0 radical (unpaired) electrons. The molecular weight excluding hydrogens is 454 g/mol. The molecule has 1 saturated carbocycles. The number of carbonyl (C=O) groups excluding carboxylic acids is 2. The van der Waals surface area contributed by atoms with E-state index < -0.39 is 0 Å². The monoisotopic (exact) mass is 487 g/mol. The van der Waals surface area contributed by atoms with Gasteiger partial charge >= 0.3 is 0 Å². The number of fused-ring (bicyclic) bond motifs is 3. The summed E-state index contributed by atoms with van der Waals surface area (Å²) in [5.41, 5.74) is 1.99. The van der Waals surface area contributed by atoms with Crippen LogP contribution in [0.4, 0.5) is 5.69 Å². The van der Waals surface area contributed by atoms with Crippen molar-refractivity contribution in [2.24, 2.45) is 23.7 Å². The van der Waals surface area contributed by atoms with Gasteiger partial charge in [-0.3, -0.25) is 14.5 Å². The topological polar surface area (TPSA) is 79.9 Å². The van der Waals surface area contributed by atoms with E-state index in [9.17, 15) is 9.59 Å². The van der Waals surface area contributed by atoms with E-state index in [1.54, 1.807) is 6.07 Å². The number of rotatable bonds is 6. The summed E-state index contributed by atoms with van der Waals surface area (Å²) in [6, 6.07) is 16.1. The summed E-state index contributed by atoms with van der Waals surface area (Å²) in [5.74, 6) is 0.816. The van der Waals surface area contributed by atoms with Crippen molar-refractivity contribution in [3.8, 4) is 11.5 Å². The molecular formula is C29H33N3O4. The molecule has 4 atom stereocenters. The maximum Gasteiger partial charge on any atom is 0.228 e. The molecule has 2 aromatic rings. The van der Waals surface area contributed by atoms with Crippen LogP contribution >= 0.6 is 0 Å². The van der Waals surface area contributed by atoms with Crippen LogP contribution in [0.25, 0.3) is 0 Å². The lowest BCUT2D eigenvalue weighted by atomic mass is 9.81. The molecule has 2 aliphatic heterocycles. The first-order valence-corrected chi connectivity index (χ1v) is 13.1. The first-order chi connectivity index (χ1) is 17.6. The van der Waals surface area contributed by atoms with E-state index in [2.05, 4.69) is 52.0 Å². The van der Waals surface area contributed by atoms with Gasteiger partial charge in [0.05, 0.1) is 11.8 Å². The Bertz CT molecular complexity index is 1140. The molecule has 36 heavy (non-hydrogen) atoms. The quantitative estimate of drug-likeness (QED) is 0.609. The minimum Gasteiger partial charge on any atom is -0.486 e. The Morgan fingerprint density at radius 3 is 2.31 bits per heavy atom. The van der Waals surface area contributed by atoms with E-state index >= 15 is 0 Å². The predicted octanol–water partition coefficient (Wildman–Crippen LogP) is 3.62. The Morgan fingerprint density at radius 2 is 1.56 bits per heavy atom. The van der Waals surface area contributed by atoms with E-state index in [1.807, 2.05) is 18.2 Å². The number of hydrogen-bond donors (Lipinski definition) is 2. The molecule has 0 aromatic heterocycles. The minimum atomic E-state index is -0.355. The molecule has 2 amide bonds. The number of benzene rings is 2. The van der Waals surface area contributed by atoms with Crippen LogP contribution in [-0.4, -0.2) is 49.1 Å². The number of allylic oxidation sites excluding steroid dienone is 2. The van der Waals surface area contributed by atoms with E-state index in [4.69, 9.17) is 9.47 Å². The second-order valence-corrected chi connectivity index (χ2v) is 10.4. The third-order valence-electron chi connectivity index (χ3n) is 8.06. The second-order valence-electron chi connectivity index (χ2n) is 10.4. The Balaban J connectivity index is 1.07. The fourth-order valence-corrected chi connectivity index (χ4v) is 6.26. The summed E-state index contributed by atoms with van der Waals surface area (Å²) in [4.78, 5) is 29.3. The largest absolute Gasteiger partial charge is 0.486 e. The van der Waals surface area contributed by atoms with Crippen LogP contribution in [0, 0.1) is 23.7 Å². The number of ether oxygens (including phenoxy) is 2. The molecule has 2 N–H and O–H groups in total. The van der Waals surface area contributed by atoms with Gasteiger partial charge in [-0.25, -0.2) is 0 Å². The molecule has 2 aliphatic carbocycles. The van der Waals surface area contributed by atoms with E-state index in [-0.39, 0.29) is 41.5 Å². The molecule has 6 rings (SSSR count). The molecule has 7 heteroatoms. The molecule has 2 fully saturated rings. The molecule has 4 unspecified atom stereocenters. The van der Waals surface area contributed by atoms with Gasteiger partial charge in [-0.1, -0.05) is 42.5 Å². The first-order valence-electron chi connectivity index (χ1n) is 13.1. The number of anilines is 1. The fraction of sp³-hybridized carbons (Fsp3) is 0.448. The van der Waals surface area contributed by atoms with Gasteiger partial charge in [-0.05, 0) is 48.8 Å². The number of amides is 2. The minimum absolute atomic E-state index is 0.0238. The van der Waals surface area contributed by atoms with Gasteiger partial charge in [-0.15, -0.1) is 0 Å². The summed E-state index contributed by atoms with van der Waals surface area (Å²) >= 11 is 0. The van der Waals surface area contributed by atoms with Gasteiger partial charge in [0.25, 0.3) is 0 Å². The van der Waals surface area contributed by atoms with Gasteiger partial charge in [0.1, 0.15) is 13.2 Å². The Labute approximate surface area is 211 Å². The highest BCUT2D eigenvalue weighted by molar-refractivity contribution is 5.97. The molecule has 2 heterocycles. The van der Waals surface area contributed by atoms with Gasteiger partial charge in [0, 0.05) is 37.4 Å². The van der Waals surface area contributed by atoms with Crippen LogP contribution in [0.5, 0.6) is 11.5 Å². The summed E-state index contributed by atoms with van der Waals surface area (Å²) in [6.07, 6.45) is 6.98. The van der Waals surface area contributed by atoms with Crippen LogP contribution < -0.4 is 20.1 Å². The number of nitrogens with zero attached hydrogens (tertiary/aromatic N) is 1. The van der Waals surface area contributed by atoms with Crippen LogP contribution in [-0.2, 0) is 16.1 Å². The van der Waals surface area contributed by atoms with Crippen LogP contribution in [0.3, 0.4) is 0 Å². The third kappa shape index (κ3) is 4.72. The maximum absolute atomic E-state index is 13.5. The Hall–Kier alpha value is -3.32. The van der Waals surface area contributed by atoms with Gasteiger partial charge in [0.2, 0.25) is 11.8 Å². The zero-order valence-corrected chi connectivity index (χ0v) is 20.4. The van der Waals surface area contributed by atoms with Crippen LogP contribution in [0.1, 0.15) is 24.8 Å². The fourth-order valence-electron chi connectivity index (χ4n) is 6.26. The normalized spacial score (nSPS) is 27.1. The van der Waals surface area contributed by atoms with E-state index in [0.29, 0.717) is 30.4 Å². The van der Waals surface area contributed by atoms with Crippen molar-refractivity contribution < 1.29 is 19.1 Å². The van der Waals surface area contributed by atoms with Crippen molar-refractivity contribution >= 4 is 17.5 Å². The zero-order valence-electron chi connectivity index (χ0n) is 20.4. The van der Waals surface area contributed by atoms with Crippen molar-refractivity contribution in [3.05, 3.63) is 66.2 Å². The summed E-state index contributed by atoms with van der Waals surface area (Å²) in [5, 5.41) is 6.34. The second kappa shape index (κ2) is 9.97. The summed E-state index contributed by atoms with van der Waals surface area (Å²) in [6.45, 7) is 3.89. The number of hydrogen-bond acceptors (Lipinski definition) is 5. The van der Waals surface area contributed by atoms with Gasteiger partial charge in [0.15, 0.2) is 11.5 Å². The molecule has 4 aliphatic rings. The lowest BCUT2D eigenvalue weighted by Gasteiger charge is -2.34. The number of piperidine rings is 1. The predicted molar refractivity (Wildman–Crippen MR) is 137 cm³/mol. The first kappa shape index (κ1) is 23.1. The van der Waals surface area contributed by atoms with Crippen molar-refractivity contribution in [3.63, 3.8) is 0 Å². The Kier molecular flexibility index (Phi) is 6.40. The Morgan fingerprint density at radius 1 is 0.861 bits per heavy atom. The van der Waals surface area contributed by atoms with Crippen molar-refractivity contribution in [2.75, 3.05) is 31.6 Å². The maximum atomic E-state index is 13.5. The SMILES string of the molecule is O=C(Nc1ccc2c(c1)OCCO2)C1C2C=CC(C2)C1C(=O)NC1CCN(Cc2ccccc2)CC1. The standard InChI is InChI=1S/C29H33N3O4/c33-28(30-22-10-12-32(13-11-22)18-19-4-2-1-3-5-19)26-20-6-7-21(16-20)27(26)29(34)31-23-8-9-24-25(17-23)36-15-14-35-24/h1-9,17,20-22,26-27H,10-16,18H2,(H,30,33)(H,31,34).